The average Bonchev–Trinajstić information content (AvgIpc) is 2.64. The van der Waals surface area contributed by atoms with Gasteiger partial charge in [0.25, 0.3) is 0 Å². The molecule has 0 unspecified atom stereocenters. The number of hydrogen-bond acceptors (Lipinski definition) is 3. The van der Waals surface area contributed by atoms with Gasteiger partial charge in [-0.05, 0) is 19.9 Å². The first-order valence-electron chi connectivity index (χ1n) is 4.34. The van der Waals surface area contributed by atoms with E-state index in [1.165, 1.54) is 22.7 Å². The van der Waals surface area contributed by atoms with E-state index < -0.39 is 0 Å². The standard InChI is InChI=1S/C9H14N2S/c1-9(3-4-9)8-11-6-7(12-8)5-10-2/h6,10H,3-5H2,1-2H3. The first-order chi connectivity index (χ1) is 5.74. The van der Waals surface area contributed by atoms with E-state index in [2.05, 4.69) is 17.2 Å². The molecule has 1 aliphatic carbocycles. The molecule has 3 heteroatoms. The molecule has 0 spiro atoms. The first-order valence-corrected chi connectivity index (χ1v) is 5.16. The van der Waals surface area contributed by atoms with E-state index in [9.17, 15) is 0 Å². The van der Waals surface area contributed by atoms with E-state index in [-0.39, 0.29) is 0 Å². The summed E-state index contributed by atoms with van der Waals surface area (Å²) in [5.41, 5.74) is 0.441. The van der Waals surface area contributed by atoms with Gasteiger partial charge in [-0.1, -0.05) is 6.92 Å². The molecular formula is C9H14N2S. The smallest absolute Gasteiger partial charge is 0.0987 e. The molecule has 1 aromatic heterocycles. The Morgan fingerprint density at radius 1 is 1.67 bits per heavy atom. The maximum absolute atomic E-state index is 4.45. The van der Waals surface area contributed by atoms with Crippen molar-refractivity contribution in [3.05, 3.63) is 16.1 Å². The van der Waals surface area contributed by atoms with Crippen LogP contribution in [0.25, 0.3) is 0 Å². The molecule has 0 bridgehead atoms. The first kappa shape index (κ1) is 8.20. The fourth-order valence-corrected chi connectivity index (χ4v) is 2.37. The zero-order valence-electron chi connectivity index (χ0n) is 7.55. The SMILES string of the molecule is CNCc1cnc(C2(C)CC2)s1. The molecule has 1 aliphatic rings. The second-order valence-corrected chi connectivity index (χ2v) is 4.84. The van der Waals surface area contributed by atoms with Crippen LogP contribution in [0.5, 0.6) is 0 Å². The number of thiazole rings is 1. The normalized spacial score (nSPS) is 19.5. The molecule has 1 fully saturated rings. The highest BCUT2D eigenvalue weighted by atomic mass is 32.1. The maximum atomic E-state index is 4.45. The quantitative estimate of drug-likeness (QED) is 0.772. The van der Waals surface area contributed by atoms with Crippen molar-refractivity contribution in [1.82, 2.24) is 10.3 Å². The third kappa shape index (κ3) is 1.39. The number of nitrogens with one attached hydrogen (secondary N) is 1. The Bertz CT molecular complexity index is 276. The Hall–Kier alpha value is -0.410. The van der Waals surface area contributed by atoms with Crippen LogP contribution in [0.4, 0.5) is 0 Å². The lowest BCUT2D eigenvalue weighted by atomic mass is 10.2. The molecule has 0 radical (unpaired) electrons. The number of aromatic nitrogens is 1. The van der Waals surface area contributed by atoms with Gasteiger partial charge in [-0.3, -0.25) is 0 Å². The number of hydrogen-bond donors (Lipinski definition) is 1. The summed E-state index contributed by atoms with van der Waals surface area (Å²) in [6.45, 7) is 3.25. The van der Waals surface area contributed by atoms with Gasteiger partial charge in [0.15, 0.2) is 0 Å². The third-order valence-electron chi connectivity index (χ3n) is 2.42. The van der Waals surface area contributed by atoms with Gasteiger partial charge < -0.3 is 5.32 Å². The van der Waals surface area contributed by atoms with E-state index >= 15 is 0 Å². The Morgan fingerprint density at radius 2 is 2.42 bits per heavy atom. The van der Waals surface area contributed by atoms with Gasteiger partial charge in [-0.15, -0.1) is 11.3 Å². The van der Waals surface area contributed by atoms with Crippen molar-refractivity contribution in [2.45, 2.75) is 31.7 Å². The molecule has 1 N–H and O–H groups in total. The number of nitrogens with zero attached hydrogens (tertiary/aromatic N) is 1. The molecular weight excluding hydrogens is 168 g/mol. The van der Waals surface area contributed by atoms with E-state index in [0.29, 0.717) is 5.41 Å². The fraction of sp³-hybridized carbons (Fsp3) is 0.667. The molecule has 0 saturated heterocycles. The minimum absolute atomic E-state index is 0.441. The Labute approximate surface area is 77.0 Å². The van der Waals surface area contributed by atoms with Gasteiger partial charge in [-0.25, -0.2) is 4.98 Å². The highest BCUT2D eigenvalue weighted by Crippen LogP contribution is 2.48. The van der Waals surface area contributed by atoms with Crippen LogP contribution in [0.1, 0.15) is 29.7 Å². The summed E-state index contributed by atoms with van der Waals surface area (Å²) in [7, 11) is 1.97. The van der Waals surface area contributed by atoms with Crippen LogP contribution in [-0.4, -0.2) is 12.0 Å². The summed E-state index contributed by atoms with van der Waals surface area (Å²) < 4.78 is 0. The van der Waals surface area contributed by atoms with E-state index in [4.69, 9.17) is 0 Å². The summed E-state index contributed by atoms with van der Waals surface area (Å²) >= 11 is 1.85. The molecule has 0 amide bonds. The van der Waals surface area contributed by atoms with Gasteiger partial charge in [0, 0.05) is 23.0 Å². The Balaban J connectivity index is 2.13. The van der Waals surface area contributed by atoms with Crippen molar-refractivity contribution in [2.75, 3.05) is 7.05 Å². The predicted molar refractivity (Wildman–Crippen MR) is 51.5 cm³/mol. The monoisotopic (exact) mass is 182 g/mol. The molecule has 2 rings (SSSR count). The lowest BCUT2D eigenvalue weighted by Gasteiger charge is -2.00. The zero-order valence-corrected chi connectivity index (χ0v) is 8.37. The molecule has 1 aromatic rings. The second-order valence-electron chi connectivity index (χ2n) is 3.72. The van der Waals surface area contributed by atoms with Gasteiger partial charge in [0.05, 0.1) is 5.01 Å². The molecule has 0 aliphatic heterocycles. The molecule has 0 atom stereocenters. The van der Waals surface area contributed by atoms with Crippen LogP contribution in [0.3, 0.4) is 0 Å². The van der Waals surface area contributed by atoms with Crippen molar-refractivity contribution in [1.29, 1.82) is 0 Å². The highest BCUT2D eigenvalue weighted by molar-refractivity contribution is 7.11. The molecule has 2 nitrogen and oxygen atoms in total. The zero-order chi connectivity index (χ0) is 8.60. The number of rotatable bonds is 3. The predicted octanol–water partition coefficient (Wildman–Crippen LogP) is 1.91. The topological polar surface area (TPSA) is 24.9 Å². The third-order valence-corrected chi connectivity index (χ3v) is 3.72. The summed E-state index contributed by atoms with van der Waals surface area (Å²) in [5.74, 6) is 0. The van der Waals surface area contributed by atoms with Crippen LogP contribution in [0.2, 0.25) is 0 Å². The van der Waals surface area contributed by atoms with Crippen LogP contribution in [0, 0.1) is 0 Å². The Morgan fingerprint density at radius 3 is 3.00 bits per heavy atom. The minimum Gasteiger partial charge on any atom is -0.315 e. The van der Waals surface area contributed by atoms with Crippen LogP contribution < -0.4 is 5.32 Å². The van der Waals surface area contributed by atoms with E-state index in [1.807, 2.05) is 24.6 Å². The molecule has 1 saturated carbocycles. The Kier molecular flexibility index (Phi) is 1.93. The van der Waals surface area contributed by atoms with Crippen molar-refractivity contribution < 1.29 is 0 Å². The van der Waals surface area contributed by atoms with Crippen molar-refractivity contribution in [3.8, 4) is 0 Å². The lowest BCUT2D eigenvalue weighted by molar-refractivity contribution is 0.776. The maximum Gasteiger partial charge on any atom is 0.0987 e. The average molecular weight is 182 g/mol. The lowest BCUT2D eigenvalue weighted by Crippen LogP contribution is -2.02. The molecule has 66 valence electrons. The van der Waals surface area contributed by atoms with Gasteiger partial charge in [0.2, 0.25) is 0 Å². The fourth-order valence-electron chi connectivity index (χ4n) is 1.24. The van der Waals surface area contributed by atoms with E-state index in [0.717, 1.165) is 6.54 Å². The van der Waals surface area contributed by atoms with Crippen LogP contribution in [-0.2, 0) is 12.0 Å². The summed E-state index contributed by atoms with van der Waals surface area (Å²) in [6.07, 6.45) is 4.64. The van der Waals surface area contributed by atoms with Gasteiger partial charge >= 0.3 is 0 Å². The summed E-state index contributed by atoms with van der Waals surface area (Å²) in [5, 5.41) is 4.47. The summed E-state index contributed by atoms with van der Waals surface area (Å²) in [6, 6.07) is 0. The van der Waals surface area contributed by atoms with Crippen LogP contribution >= 0.6 is 11.3 Å². The minimum atomic E-state index is 0.441. The highest BCUT2D eigenvalue weighted by Gasteiger charge is 2.41. The largest absolute Gasteiger partial charge is 0.315 e. The molecule has 12 heavy (non-hydrogen) atoms. The van der Waals surface area contributed by atoms with Crippen LogP contribution in [0.15, 0.2) is 6.20 Å². The van der Waals surface area contributed by atoms with Crippen molar-refractivity contribution >= 4 is 11.3 Å². The molecule has 1 heterocycles. The van der Waals surface area contributed by atoms with Gasteiger partial charge in [-0.2, -0.15) is 0 Å². The van der Waals surface area contributed by atoms with Gasteiger partial charge in [0.1, 0.15) is 0 Å². The van der Waals surface area contributed by atoms with Crippen molar-refractivity contribution in [3.63, 3.8) is 0 Å². The van der Waals surface area contributed by atoms with E-state index in [1.54, 1.807) is 0 Å². The van der Waals surface area contributed by atoms with Crippen molar-refractivity contribution in [2.24, 2.45) is 0 Å². The summed E-state index contributed by atoms with van der Waals surface area (Å²) in [4.78, 5) is 5.79. The second kappa shape index (κ2) is 2.82. The molecule has 0 aromatic carbocycles.